The highest BCUT2D eigenvalue weighted by atomic mass is 16.4. The fraction of sp³-hybridized carbons (Fsp3) is 0.706. The van der Waals surface area contributed by atoms with Crippen LogP contribution in [0.15, 0.2) is 12.5 Å². The third kappa shape index (κ3) is 3.17. The number of likely N-dealkylation sites (tertiary alicyclic amines) is 1. The van der Waals surface area contributed by atoms with Crippen molar-refractivity contribution in [3.05, 3.63) is 18.1 Å². The van der Waals surface area contributed by atoms with Crippen LogP contribution in [0.1, 0.15) is 38.2 Å². The van der Waals surface area contributed by atoms with E-state index in [0.29, 0.717) is 0 Å². The zero-order valence-corrected chi connectivity index (χ0v) is 14.0. The van der Waals surface area contributed by atoms with Crippen LogP contribution in [0, 0.1) is 5.41 Å². The van der Waals surface area contributed by atoms with E-state index < -0.39 is 5.97 Å². The molecule has 2 aliphatic heterocycles. The quantitative estimate of drug-likeness (QED) is 0.913. The molecular formula is C17H26N4O2. The fourth-order valence-electron chi connectivity index (χ4n) is 4.18. The number of carboxylic acids is 1. The molecule has 0 aliphatic carbocycles. The molecule has 1 spiro atoms. The lowest BCUT2D eigenvalue weighted by Crippen LogP contribution is -2.42. The summed E-state index contributed by atoms with van der Waals surface area (Å²) < 4.78 is 0. The van der Waals surface area contributed by atoms with Crippen LogP contribution in [-0.2, 0) is 11.2 Å². The van der Waals surface area contributed by atoms with Crippen molar-refractivity contribution < 1.29 is 9.90 Å². The Balaban J connectivity index is 1.69. The molecule has 2 aliphatic rings. The predicted octanol–water partition coefficient (Wildman–Crippen LogP) is 1.80. The van der Waals surface area contributed by atoms with E-state index in [1.165, 1.54) is 5.56 Å². The lowest BCUT2D eigenvalue weighted by molar-refractivity contribution is -0.141. The first-order valence-corrected chi connectivity index (χ1v) is 8.51. The first kappa shape index (κ1) is 16.2. The van der Waals surface area contributed by atoms with Gasteiger partial charge in [0.2, 0.25) is 0 Å². The Hall–Kier alpha value is -1.69. The fourth-order valence-corrected chi connectivity index (χ4v) is 4.18. The van der Waals surface area contributed by atoms with Gasteiger partial charge in [-0.15, -0.1) is 0 Å². The van der Waals surface area contributed by atoms with Crippen molar-refractivity contribution in [2.75, 3.05) is 31.6 Å². The Bertz CT molecular complexity index is 569. The van der Waals surface area contributed by atoms with Gasteiger partial charge in [0.1, 0.15) is 18.2 Å². The standard InChI is InChI=1S/C17H26N4O2/c1-3-4-13-10-18-12-19-15(13)21-7-5-17(6-8-21)9-14(16(22)23)20(2)11-17/h10,12,14H,3-9,11H2,1-2H3,(H,22,23). The minimum Gasteiger partial charge on any atom is -0.480 e. The van der Waals surface area contributed by atoms with Crippen LogP contribution in [0.2, 0.25) is 0 Å². The molecule has 2 saturated heterocycles. The predicted molar refractivity (Wildman–Crippen MR) is 88.6 cm³/mol. The van der Waals surface area contributed by atoms with Crippen molar-refractivity contribution in [1.82, 2.24) is 14.9 Å². The van der Waals surface area contributed by atoms with Crippen molar-refractivity contribution in [2.45, 2.75) is 45.1 Å². The number of piperidine rings is 1. The highest BCUT2D eigenvalue weighted by molar-refractivity contribution is 5.74. The largest absolute Gasteiger partial charge is 0.480 e. The molecule has 0 radical (unpaired) electrons. The van der Waals surface area contributed by atoms with Gasteiger partial charge in [0.25, 0.3) is 0 Å². The number of nitrogens with zero attached hydrogens (tertiary/aromatic N) is 4. The third-order valence-corrected chi connectivity index (χ3v) is 5.44. The minimum absolute atomic E-state index is 0.159. The molecule has 1 N–H and O–H groups in total. The first-order chi connectivity index (χ1) is 11.0. The molecule has 126 valence electrons. The highest BCUT2D eigenvalue weighted by Gasteiger charge is 2.46. The molecule has 1 unspecified atom stereocenters. The van der Waals surface area contributed by atoms with Gasteiger partial charge in [0.15, 0.2) is 0 Å². The number of aryl methyl sites for hydroxylation is 1. The number of rotatable bonds is 4. The zero-order valence-electron chi connectivity index (χ0n) is 14.0. The van der Waals surface area contributed by atoms with Gasteiger partial charge in [-0.1, -0.05) is 13.3 Å². The number of aliphatic carboxylic acids is 1. The van der Waals surface area contributed by atoms with Crippen LogP contribution in [0.4, 0.5) is 5.82 Å². The second kappa shape index (κ2) is 6.43. The van der Waals surface area contributed by atoms with E-state index in [-0.39, 0.29) is 11.5 Å². The highest BCUT2D eigenvalue weighted by Crippen LogP contribution is 2.43. The molecule has 1 aromatic rings. The average Bonchev–Trinajstić information content (AvgIpc) is 2.86. The van der Waals surface area contributed by atoms with Crippen molar-refractivity contribution in [2.24, 2.45) is 5.41 Å². The molecule has 6 heteroatoms. The Labute approximate surface area is 137 Å². The number of hydrogen-bond acceptors (Lipinski definition) is 5. The summed E-state index contributed by atoms with van der Waals surface area (Å²) in [5, 5.41) is 9.35. The SMILES string of the molecule is CCCc1cncnc1N1CCC2(CC1)CC(C(=O)O)N(C)C2. The second-order valence-corrected chi connectivity index (χ2v) is 7.08. The van der Waals surface area contributed by atoms with Gasteiger partial charge in [0.05, 0.1) is 0 Å². The molecule has 6 nitrogen and oxygen atoms in total. The second-order valence-electron chi connectivity index (χ2n) is 7.08. The number of anilines is 1. The normalized spacial score (nSPS) is 24.3. The van der Waals surface area contributed by atoms with Crippen LogP contribution in [-0.4, -0.2) is 58.7 Å². The number of carboxylic acid groups (broad SMARTS) is 1. The minimum atomic E-state index is -0.687. The Morgan fingerprint density at radius 2 is 2.17 bits per heavy atom. The molecule has 0 bridgehead atoms. The summed E-state index contributed by atoms with van der Waals surface area (Å²) >= 11 is 0. The van der Waals surface area contributed by atoms with Gasteiger partial charge in [-0.05, 0) is 38.1 Å². The molecule has 3 rings (SSSR count). The summed E-state index contributed by atoms with van der Waals surface area (Å²) in [6, 6.07) is -0.323. The van der Waals surface area contributed by atoms with E-state index in [4.69, 9.17) is 0 Å². The first-order valence-electron chi connectivity index (χ1n) is 8.51. The van der Waals surface area contributed by atoms with Crippen LogP contribution >= 0.6 is 0 Å². The number of aromatic nitrogens is 2. The Kier molecular flexibility index (Phi) is 4.53. The maximum absolute atomic E-state index is 11.4. The van der Waals surface area contributed by atoms with Gasteiger partial charge < -0.3 is 10.0 Å². The molecule has 1 aromatic heterocycles. The van der Waals surface area contributed by atoms with Gasteiger partial charge in [0, 0.05) is 31.4 Å². The molecular weight excluding hydrogens is 292 g/mol. The van der Waals surface area contributed by atoms with Crippen LogP contribution in [0.25, 0.3) is 0 Å². The summed E-state index contributed by atoms with van der Waals surface area (Å²) in [6.07, 6.45) is 8.50. The zero-order chi connectivity index (χ0) is 16.4. The molecule has 1 atom stereocenters. The molecule has 0 aromatic carbocycles. The summed E-state index contributed by atoms with van der Waals surface area (Å²) in [5.74, 6) is 0.380. The van der Waals surface area contributed by atoms with E-state index in [1.807, 2.05) is 18.1 Å². The smallest absolute Gasteiger partial charge is 0.320 e. The maximum Gasteiger partial charge on any atom is 0.320 e. The van der Waals surface area contributed by atoms with Crippen LogP contribution in [0.3, 0.4) is 0 Å². The van der Waals surface area contributed by atoms with E-state index >= 15 is 0 Å². The average molecular weight is 318 g/mol. The van der Waals surface area contributed by atoms with Crippen molar-refractivity contribution in [3.63, 3.8) is 0 Å². The maximum atomic E-state index is 11.4. The van der Waals surface area contributed by atoms with Crippen molar-refractivity contribution in [1.29, 1.82) is 0 Å². The third-order valence-electron chi connectivity index (χ3n) is 5.44. The van der Waals surface area contributed by atoms with Crippen molar-refractivity contribution in [3.8, 4) is 0 Å². The van der Waals surface area contributed by atoms with E-state index in [2.05, 4.69) is 21.8 Å². The van der Waals surface area contributed by atoms with E-state index in [0.717, 1.165) is 57.6 Å². The van der Waals surface area contributed by atoms with Gasteiger partial charge in [-0.25, -0.2) is 9.97 Å². The Morgan fingerprint density at radius 1 is 1.43 bits per heavy atom. The molecule has 23 heavy (non-hydrogen) atoms. The lowest BCUT2D eigenvalue weighted by atomic mass is 9.76. The van der Waals surface area contributed by atoms with Crippen molar-refractivity contribution >= 4 is 11.8 Å². The molecule has 0 amide bonds. The Morgan fingerprint density at radius 3 is 2.78 bits per heavy atom. The van der Waals surface area contributed by atoms with Gasteiger partial charge in [-0.3, -0.25) is 9.69 Å². The summed E-state index contributed by atoms with van der Waals surface area (Å²) in [6.45, 7) is 4.97. The summed E-state index contributed by atoms with van der Waals surface area (Å²) in [7, 11) is 1.93. The van der Waals surface area contributed by atoms with Crippen LogP contribution in [0.5, 0.6) is 0 Å². The number of likely N-dealkylation sites (N-methyl/N-ethyl adjacent to an activating group) is 1. The van der Waals surface area contributed by atoms with Gasteiger partial charge in [-0.2, -0.15) is 0 Å². The molecule has 0 saturated carbocycles. The van der Waals surface area contributed by atoms with Crippen LogP contribution < -0.4 is 4.90 Å². The molecule has 2 fully saturated rings. The monoisotopic (exact) mass is 318 g/mol. The molecule has 3 heterocycles. The van der Waals surface area contributed by atoms with E-state index in [9.17, 15) is 9.90 Å². The number of hydrogen-bond donors (Lipinski definition) is 1. The lowest BCUT2D eigenvalue weighted by Gasteiger charge is -2.40. The van der Waals surface area contributed by atoms with Gasteiger partial charge >= 0.3 is 5.97 Å². The summed E-state index contributed by atoms with van der Waals surface area (Å²) in [5.41, 5.74) is 1.38. The topological polar surface area (TPSA) is 69.6 Å². The summed E-state index contributed by atoms with van der Waals surface area (Å²) in [4.78, 5) is 24.4. The number of carbonyl (C=O) groups is 1. The van der Waals surface area contributed by atoms with E-state index in [1.54, 1.807) is 6.33 Å².